The summed E-state index contributed by atoms with van der Waals surface area (Å²) in [5, 5.41) is 0.320. The molecule has 34 heavy (non-hydrogen) atoms. The molecule has 0 bridgehead atoms. The summed E-state index contributed by atoms with van der Waals surface area (Å²) in [6.45, 7) is 6.12. The van der Waals surface area contributed by atoms with Crippen molar-refractivity contribution < 1.29 is 0 Å². The van der Waals surface area contributed by atoms with Crippen LogP contribution in [-0.4, -0.2) is 9.97 Å². The topological polar surface area (TPSA) is 25.8 Å². The zero-order valence-corrected chi connectivity index (χ0v) is 20.0. The number of rotatable bonds is 0. The predicted octanol–water partition coefficient (Wildman–Crippen LogP) is 6.25. The van der Waals surface area contributed by atoms with Crippen molar-refractivity contribution in [2.45, 2.75) is 20.8 Å². The number of aromatic nitrogens is 2. The third kappa shape index (κ3) is 6.15. The fourth-order valence-electron chi connectivity index (χ4n) is 2.97. The monoisotopic (exact) mass is 456 g/mol. The average molecular weight is 457 g/mol. The van der Waals surface area contributed by atoms with Gasteiger partial charge in [-0.25, -0.2) is 9.97 Å². The highest BCUT2D eigenvalue weighted by atomic mass is 35.5. The molecule has 0 atom stereocenters. The van der Waals surface area contributed by atoms with Crippen LogP contribution in [0.3, 0.4) is 0 Å². The molecule has 0 spiro atoms. The second-order valence-electron chi connectivity index (χ2n) is 7.91. The van der Waals surface area contributed by atoms with Gasteiger partial charge in [-0.05, 0) is 74.9 Å². The first-order valence-corrected chi connectivity index (χ1v) is 11.2. The van der Waals surface area contributed by atoms with Crippen LogP contribution in [0.4, 0.5) is 0 Å². The molecule has 0 aliphatic carbocycles. The quantitative estimate of drug-likeness (QED) is 0.292. The number of halogens is 1. The van der Waals surface area contributed by atoms with Gasteiger partial charge in [-0.1, -0.05) is 82.5 Å². The lowest BCUT2D eigenvalue weighted by Gasteiger charge is -2.00. The van der Waals surface area contributed by atoms with Crippen molar-refractivity contribution in [1.29, 1.82) is 0 Å². The maximum atomic E-state index is 6.62. The van der Waals surface area contributed by atoms with E-state index in [1.165, 1.54) is 16.7 Å². The van der Waals surface area contributed by atoms with Crippen molar-refractivity contribution in [2.75, 3.05) is 0 Å². The summed E-state index contributed by atoms with van der Waals surface area (Å²) in [5.41, 5.74) is 6.96. The van der Waals surface area contributed by atoms with Crippen molar-refractivity contribution in [3.05, 3.63) is 128 Å². The Bertz CT molecular complexity index is 1430. The van der Waals surface area contributed by atoms with Crippen LogP contribution in [0.1, 0.15) is 50.6 Å². The Labute approximate surface area is 206 Å². The fraction of sp³-hybridized carbons (Fsp3) is 0.0968. The highest BCUT2D eigenvalue weighted by Crippen LogP contribution is 2.17. The van der Waals surface area contributed by atoms with Gasteiger partial charge >= 0.3 is 0 Å². The maximum Gasteiger partial charge on any atom is 0.207 e. The van der Waals surface area contributed by atoms with Crippen LogP contribution in [0.25, 0.3) is 0 Å². The summed E-state index contributed by atoms with van der Waals surface area (Å²) in [5.74, 6) is 18.9. The summed E-state index contributed by atoms with van der Waals surface area (Å²) in [4.78, 5) is 9.01. The molecule has 0 aliphatic rings. The van der Waals surface area contributed by atoms with Crippen molar-refractivity contribution in [3.63, 3.8) is 0 Å². The number of hydrogen-bond acceptors (Lipinski definition) is 2. The van der Waals surface area contributed by atoms with E-state index in [1.54, 1.807) is 0 Å². The third-order valence-electron chi connectivity index (χ3n) is 4.98. The van der Waals surface area contributed by atoms with E-state index in [0.717, 1.165) is 16.7 Å². The van der Waals surface area contributed by atoms with Crippen LogP contribution in [0.15, 0.2) is 72.8 Å². The largest absolute Gasteiger partial charge is 0.210 e. The Morgan fingerprint density at radius 2 is 0.794 bits per heavy atom. The zero-order chi connectivity index (χ0) is 23.9. The molecule has 0 saturated carbocycles. The minimum atomic E-state index is 0.320. The van der Waals surface area contributed by atoms with Gasteiger partial charge in [0, 0.05) is 16.7 Å². The maximum absolute atomic E-state index is 6.62. The van der Waals surface area contributed by atoms with Gasteiger partial charge < -0.3 is 0 Å². The zero-order valence-electron chi connectivity index (χ0n) is 19.2. The molecule has 0 fully saturated rings. The lowest BCUT2D eigenvalue weighted by molar-refractivity contribution is 1.09. The van der Waals surface area contributed by atoms with E-state index in [4.69, 9.17) is 11.6 Å². The highest BCUT2D eigenvalue weighted by Gasteiger charge is 2.09. The normalized spacial score (nSPS) is 9.65. The van der Waals surface area contributed by atoms with Gasteiger partial charge in [0.1, 0.15) is 16.4 Å². The average Bonchev–Trinajstić information content (AvgIpc) is 2.84. The van der Waals surface area contributed by atoms with Crippen LogP contribution < -0.4 is 0 Å². The Morgan fingerprint density at radius 1 is 0.471 bits per heavy atom. The van der Waals surface area contributed by atoms with E-state index in [1.807, 2.05) is 93.6 Å². The first-order valence-electron chi connectivity index (χ1n) is 10.8. The van der Waals surface area contributed by atoms with E-state index < -0.39 is 0 Å². The Balaban J connectivity index is 1.76. The SMILES string of the molecule is Cc1ccc(C#Cc2nc(C#Cc3ccc(C)cc3)c(Cl)c(C#Cc3ccc(C)cc3)n2)cc1. The summed E-state index contributed by atoms with van der Waals surface area (Å²) in [7, 11) is 0. The van der Waals surface area contributed by atoms with Crippen molar-refractivity contribution in [3.8, 4) is 35.5 Å². The smallest absolute Gasteiger partial charge is 0.207 e. The lowest BCUT2D eigenvalue weighted by atomic mass is 10.1. The van der Waals surface area contributed by atoms with E-state index >= 15 is 0 Å². The van der Waals surface area contributed by atoms with Gasteiger partial charge in [-0.15, -0.1) is 0 Å². The molecule has 4 aromatic rings. The highest BCUT2D eigenvalue weighted by molar-refractivity contribution is 6.32. The number of hydrogen-bond donors (Lipinski definition) is 0. The second-order valence-corrected chi connectivity index (χ2v) is 8.28. The second kappa shape index (κ2) is 10.6. The molecule has 4 rings (SSSR count). The molecule has 1 heterocycles. The van der Waals surface area contributed by atoms with Crippen molar-refractivity contribution in [1.82, 2.24) is 9.97 Å². The van der Waals surface area contributed by atoms with Crippen molar-refractivity contribution >= 4 is 11.6 Å². The van der Waals surface area contributed by atoms with Crippen LogP contribution >= 0.6 is 11.6 Å². The predicted molar refractivity (Wildman–Crippen MR) is 139 cm³/mol. The molecule has 0 N–H and O–H groups in total. The van der Waals surface area contributed by atoms with E-state index in [-0.39, 0.29) is 0 Å². The molecule has 3 aromatic carbocycles. The van der Waals surface area contributed by atoms with Gasteiger partial charge in [-0.3, -0.25) is 0 Å². The van der Waals surface area contributed by atoms with Gasteiger partial charge in [0.15, 0.2) is 0 Å². The van der Waals surface area contributed by atoms with Crippen molar-refractivity contribution in [2.24, 2.45) is 0 Å². The standard InChI is InChI=1S/C31H21ClN2/c1-22-4-10-25(11-5-22)16-19-28-31(32)29(20-17-26-12-6-23(2)7-13-26)34-30(33-28)21-18-27-14-8-24(3)9-15-27/h4-15H,1-3H3. The molecule has 0 unspecified atom stereocenters. The molecule has 162 valence electrons. The number of benzene rings is 3. The summed E-state index contributed by atoms with van der Waals surface area (Å²) in [6.07, 6.45) is 0. The molecule has 0 amide bonds. The van der Waals surface area contributed by atoms with Gasteiger partial charge in [0.25, 0.3) is 0 Å². The van der Waals surface area contributed by atoms with E-state index in [9.17, 15) is 0 Å². The van der Waals surface area contributed by atoms with Crippen LogP contribution in [-0.2, 0) is 0 Å². The first kappa shape index (κ1) is 22.9. The Kier molecular flexibility index (Phi) is 7.10. The summed E-state index contributed by atoms with van der Waals surface area (Å²) < 4.78 is 0. The fourth-order valence-corrected chi connectivity index (χ4v) is 3.15. The molecule has 3 heteroatoms. The lowest BCUT2D eigenvalue weighted by Crippen LogP contribution is -1.99. The number of nitrogens with zero attached hydrogens (tertiary/aromatic N) is 2. The Hall–Kier alpha value is -4.29. The third-order valence-corrected chi connectivity index (χ3v) is 5.33. The molecule has 1 aromatic heterocycles. The molecular formula is C31H21ClN2. The van der Waals surface area contributed by atoms with Crippen LogP contribution in [0.5, 0.6) is 0 Å². The van der Waals surface area contributed by atoms with E-state index in [2.05, 4.69) is 45.5 Å². The summed E-state index contributed by atoms with van der Waals surface area (Å²) in [6, 6.07) is 23.9. The van der Waals surface area contributed by atoms with Crippen LogP contribution in [0, 0.1) is 56.3 Å². The molecule has 0 aliphatic heterocycles. The molecule has 0 saturated heterocycles. The summed E-state index contributed by atoms with van der Waals surface area (Å²) >= 11 is 6.62. The van der Waals surface area contributed by atoms with Crippen LogP contribution in [0.2, 0.25) is 5.02 Å². The molecule has 0 radical (unpaired) electrons. The Morgan fingerprint density at radius 3 is 1.15 bits per heavy atom. The molecular weight excluding hydrogens is 436 g/mol. The van der Waals surface area contributed by atoms with E-state index in [0.29, 0.717) is 22.2 Å². The van der Waals surface area contributed by atoms with Gasteiger partial charge in [-0.2, -0.15) is 0 Å². The minimum absolute atomic E-state index is 0.320. The molecule has 2 nitrogen and oxygen atoms in total. The van der Waals surface area contributed by atoms with Gasteiger partial charge in [0.2, 0.25) is 5.82 Å². The first-order chi connectivity index (χ1) is 16.5. The van der Waals surface area contributed by atoms with Gasteiger partial charge in [0.05, 0.1) is 0 Å². The number of aryl methyl sites for hydroxylation is 3. The minimum Gasteiger partial charge on any atom is -0.210 e.